The van der Waals surface area contributed by atoms with Crippen LogP contribution >= 0.6 is 0 Å². The van der Waals surface area contributed by atoms with Crippen LogP contribution in [0.3, 0.4) is 0 Å². The standard InChI is InChI=1S/C15H25N3/c1-15(2,3)18-10-12-6-4-5-7-13(12)14-11-16-8-9-17-14/h8-9,11-13,18H,4-7,10H2,1-3H3. The number of hydrogen-bond donors (Lipinski definition) is 1. The predicted octanol–water partition coefficient (Wildman–Crippen LogP) is 3.14. The first-order valence-electron chi connectivity index (χ1n) is 7.07. The highest BCUT2D eigenvalue weighted by atomic mass is 14.9. The summed E-state index contributed by atoms with van der Waals surface area (Å²) in [5, 5.41) is 3.64. The molecule has 0 aliphatic heterocycles. The van der Waals surface area contributed by atoms with E-state index in [-0.39, 0.29) is 5.54 Å². The van der Waals surface area contributed by atoms with Crippen LogP contribution in [0.25, 0.3) is 0 Å². The highest BCUT2D eigenvalue weighted by molar-refractivity contribution is 5.07. The lowest BCUT2D eigenvalue weighted by atomic mass is 9.77. The molecule has 1 heterocycles. The molecule has 100 valence electrons. The lowest BCUT2D eigenvalue weighted by Crippen LogP contribution is -2.41. The van der Waals surface area contributed by atoms with Crippen molar-refractivity contribution in [2.75, 3.05) is 6.54 Å². The number of nitrogens with one attached hydrogen (secondary N) is 1. The van der Waals surface area contributed by atoms with Gasteiger partial charge in [0.15, 0.2) is 0 Å². The van der Waals surface area contributed by atoms with Crippen LogP contribution < -0.4 is 5.32 Å². The summed E-state index contributed by atoms with van der Waals surface area (Å²) in [5.74, 6) is 1.29. The van der Waals surface area contributed by atoms with Crippen LogP contribution in [0.5, 0.6) is 0 Å². The van der Waals surface area contributed by atoms with Crippen molar-refractivity contribution in [2.45, 2.75) is 57.9 Å². The Morgan fingerprint density at radius 2 is 2.00 bits per heavy atom. The van der Waals surface area contributed by atoms with Crippen molar-refractivity contribution in [3.63, 3.8) is 0 Å². The van der Waals surface area contributed by atoms with Gasteiger partial charge in [-0.15, -0.1) is 0 Å². The van der Waals surface area contributed by atoms with Crippen LogP contribution in [0.1, 0.15) is 58.1 Å². The average Bonchev–Trinajstić information content (AvgIpc) is 2.37. The largest absolute Gasteiger partial charge is 0.312 e. The summed E-state index contributed by atoms with van der Waals surface area (Å²) in [6, 6.07) is 0. The molecular formula is C15H25N3. The highest BCUT2D eigenvalue weighted by Gasteiger charge is 2.28. The normalized spacial score (nSPS) is 25.1. The number of hydrogen-bond acceptors (Lipinski definition) is 3. The van der Waals surface area contributed by atoms with E-state index >= 15 is 0 Å². The molecule has 0 spiro atoms. The van der Waals surface area contributed by atoms with Gasteiger partial charge in [0, 0.05) is 30.0 Å². The van der Waals surface area contributed by atoms with Crippen molar-refractivity contribution in [3.05, 3.63) is 24.3 Å². The summed E-state index contributed by atoms with van der Waals surface area (Å²) in [4.78, 5) is 8.73. The van der Waals surface area contributed by atoms with Gasteiger partial charge in [0.25, 0.3) is 0 Å². The van der Waals surface area contributed by atoms with Gasteiger partial charge in [-0.1, -0.05) is 12.8 Å². The second kappa shape index (κ2) is 5.79. The zero-order valence-corrected chi connectivity index (χ0v) is 11.8. The van der Waals surface area contributed by atoms with E-state index in [1.807, 2.05) is 12.4 Å². The van der Waals surface area contributed by atoms with Gasteiger partial charge in [-0.25, -0.2) is 0 Å². The van der Waals surface area contributed by atoms with Crippen LogP contribution in [-0.2, 0) is 0 Å². The van der Waals surface area contributed by atoms with Gasteiger partial charge in [0.05, 0.1) is 5.69 Å². The van der Waals surface area contributed by atoms with Crippen LogP contribution in [0.2, 0.25) is 0 Å². The van der Waals surface area contributed by atoms with Crippen molar-refractivity contribution in [3.8, 4) is 0 Å². The number of aromatic nitrogens is 2. The molecule has 1 saturated carbocycles. The van der Waals surface area contributed by atoms with E-state index in [1.54, 1.807) is 6.20 Å². The molecule has 1 aliphatic carbocycles. The fraction of sp³-hybridized carbons (Fsp3) is 0.733. The summed E-state index contributed by atoms with van der Waals surface area (Å²) >= 11 is 0. The molecule has 0 radical (unpaired) electrons. The molecule has 2 unspecified atom stereocenters. The van der Waals surface area contributed by atoms with Crippen LogP contribution in [0, 0.1) is 5.92 Å². The summed E-state index contributed by atoms with van der Waals surface area (Å²) < 4.78 is 0. The summed E-state index contributed by atoms with van der Waals surface area (Å²) in [5.41, 5.74) is 1.38. The molecule has 0 saturated heterocycles. The molecule has 1 N–H and O–H groups in total. The SMILES string of the molecule is CC(C)(C)NCC1CCCCC1c1cnccn1. The molecule has 1 fully saturated rings. The van der Waals surface area contributed by atoms with Crippen LogP contribution in [0.4, 0.5) is 0 Å². The molecule has 0 amide bonds. The maximum Gasteiger partial charge on any atom is 0.0620 e. The van der Waals surface area contributed by atoms with Crippen LogP contribution in [-0.4, -0.2) is 22.1 Å². The molecule has 2 atom stereocenters. The number of nitrogens with zero attached hydrogens (tertiary/aromatic N) is 2. The lowest BCUT2D eigenvalue weighted by molar-refractivity contribution is 0.266. The van der Waals surface area contributed by atoms with Gasteiger partial charge in [-0.05, 0) is 46.1 Å². The first-order valence-corrected chi connectivity index (χ1v) is 7.07. The predicted molar refractivity (Wildman–Crippen MR) is 74.5 cm³/mol. The quantitative estimate of drug-likeness (QED) is 0.891. The molecule has 3 heteroatoms. The Kier molecular flexibility index (Phi) is 4.33. The minimum atomic E-state index is 0.199. The summed E-state index contributed by atoms with van der Waals surface area (Å²) in [6.45, 7) is 7.78. The number of rotatable bonds is 3. The zero-order valence-electron chi connectivity index (χ0n) is 11.8. The molecule has 1 aromatic heterocycles. The maximum absolute atomic E-state index is 4.51. The summed E-state index contributed by atoms with van der Waals surface area (Å²) in [6.07, 6.45) is 10.8. The van der Waals surface area contributed by atoms with Crippen molar-refractivity contribution < 1.29 is 0 Å². The van der Waals surface area contributed by atoms with E-state index in [1.165, 1.54) is 31.4 Å². The van der Waals surface area contributed by atoms with Gasteiger partial charge < -0.3 is 5.32 Å². The second-order valence-electron chi connectivity index (χ2n) is 6.41. The van der Waals surface area contributed by atoms with Gasteiger partial charge in [0.1, 0.15) is 0 Å². The first kappa shape index (κ1) is 13.5. The zero-order chi connectivity index (χ0) is 13.0. The fourth-order valence-electron chi connectivity index (χ4n) is 2.78. The van der Waals surface area contributed by atoms with Crippen molar-refractivity contribution >= 4 is 0 Å². The second-order valence-corrected chi connectivity index (χ2v) is 6.41. The van der Waals surface area contributed by atoms with E-state index < -0.39 is 0 Å². The monoisotopic (exact) mass is 247 g/mol. The highest BCUT2D eigenvalue weighted by Crippen LogP contribution is 2.36. The van der Waals surface area contributed by atoms with E-state index in [0.717, 1.165) is 6.54 Å². The van der Waals surface area contributed by atoms with Gasteiger partial charge in [-0.2, -0.15) is 0 Å². The Morgan fingerprint density at radius 3 is 2.67 bits per heavy atom. The third-order valence-electron chi connectivity index (χ3n) is 3.77. The first-order chi connectivity index (χ1) is 8.56. The Labute approximate surface area is 110 Å². The third-order valence-corrected chi connectivity index (χ3v) is 3.77. The van der Waals surface area contributed by atoms with Crippen molar-refractivity contribution in [1.29, 1.82) is 0 Å². The molecule has 1 aromatic rings. The smallest absolute Gasteiger partial charge is 0.0620 e. The molecule has 0 aromatic carbocycles. The van der Waals surface area contributed by atoms with Crippen LogP contribution in [0.15, 0.2) is 18.6 Å². The van der Waals surface area contributed by atoms with E-state index in [0.29, 0.717) is 11.8 Å². The van der Waals surface area contributed by atoms with Gasteiger partial charge in [0.2, 0.25) is 0 Å². The molecule has 18 heavy (non-hydrogen) atoms. The minimum absolute atomic E-state index is 0.199. The van der Waals surface area contributed by atoms with E-state index in [4.69, 9.17) is 0 Å². The molecule has 1 aliphatic rings. The molecular weight excluding hydrogens is 222 g/mol. The fourth-order valence-corrected chi connectivity index (χ4v) is 2.78. The van der Waals surface area contributed by atoms with E-state index in [2.05, 4.69) is 36.1 Å². The topological polar surface area (TPSA) is 37.8 Å². The average molecular weight is 247 g/mol. The van der Waals surface area contributed by atoms with Gasteiger partial charge in [-0.3, -0.25) is 9.97 Å². The Balaban J connectivity index is 2.02. The Morgan fingerprint density at radius 1 is 1.22 bits per heavy atom. The molecule has 3 nitrogen and oxygen atoms in total. The molecule has 0 bridgehead atoms. The third kappa shape index (κ3) is 3.77. The van der Waals surface area contributed by atoms with E-state index in [9.17, 15) is 0 Å². The maximum atomic E-state index is 4.51. The van der Waals surface area contributed by atoms with Crippen molar-refractivity contribution in [1.82, 2.24) is 15.3 Å². The summed E-state index contributed by atoms with van der Waals surface area (Å²) in [7, 11) is 0. The van der Waals surface area contributed by atoms with Gasteiger partial charge >= 0.3 is 0 Å². The Bertz CT molecular complexity index is 356. The van der Waals surface area contributed by atoms with Crippen molar-refractivity contribution in [2.24, 2.45) is 5.92 Å². The minimum Gasteiger partial charge on any atom is -0.312 e. The Hall–Kier alpha value is -0.960. The lowest BCUT2D eigenvalue weighted by Gasteiger charge is -2.33. The molecule has 2 rings (SSSR count).